The average molecular weight is 575 g/mol. The van der Waals surface area contributed by atoms with Gasteiger partial charge in [0.2, 0.25) is 0 Å². The number of aromatic nitrogens is 3. The second-order valence-corrected chi connectivity index (χ2v) is 11.0. The molecular weight excluding hydrogens is 536 g/mol. The first-order chi connectivity index (χ1) is 20.2. The fourth-order valence-electron chi connectivity index (χ4n) is 5.14. The number of rotatable bonds is 7. The van der Waals surface area contributed by atoms with E-state index in [9.17, 15) is 14.4 Å². The number of ether oxygens (including phenoxy) is 1. The molecule has 5 rings (SSSR count). The Balaban J connectivity index is 1.28. The predicted molar refractivity (Wildman–Crippen MR) is 160 cm³/mol. The number of carbonyl (C=O) groups is 3. The van der Waals surface area contributed by atoms with Crippen LogP contribution in [-0.2, 0) is 29.0 Å². The van der Waals surface area contributed by atoms with Crippen LogP contribution in [0.5, 0.6) is 0 Å². The standard InChI is InChI=1S/C30H38N8O4/c1-20(2)38-25-12-14-36(26-11-10-23(17-31-26)37-13-5-15-42-19-27(37)39)18-24(25)28(34-38)29(40)32-16-21-6-8-22(9-7-21)33-30(41)35(3)4/h6-11,17,20H,5,12-16,18-19H2,1-4H3,(H,32,40)(H,33,41). The van der Waals surface area contributed by atoms with Gasteiger partial charge in [-0.2, -0.15) is 5.10 Å². The van der Waals surface area contributed by atoms with Crippen LogP contribution in [0, 0.1) is 0 Å². The third-order valence-electron chi connectivity index (χ3n) is 7.42. The van der Waals surface area contributed by atoms with Gasteiger partial charge in [0.15, 0.2) is 5.69 Å². The van der Waals surface area contributed by atoms with Gasteiger partial charge in [0.25, 0.3) is 11.8 Å². The molecule has 0 spiro atoms. The highest BCUT2D eigenvalue weighted by molar-refractivity contribution is 5.95. The first-order valence-electron chi connectivity index (χ1n) is 14.3. The van der Waals surface area contributed by atoms with Gasteiger partial charge < -0.3 is 30.1 Å². The molecule has 1 saturated heterocycles. The number of anilines is 3. The molecule has 2 aliphatic heterocycles. The highest BCUT2D eigenvalue weighted by Gasteiger charge is 2.30. The zero-order valence-corrected chi connectivity index (χ0v) is 24.6. The van der Waals surface area contributed by atoms with Crippen LogP contribution in [0.3, 0.4) is 0 Å². The molecule has 42 heavy (non-hydrogen) atoms. The van der Waals surface area contributed by atoms with Crippen LogP contribution in [0.1, 0.15) is 53.6 Å². The second-order valence-electron chi connectivity index (χ2n) is 11.0. The summed E-state index contributed by atoms with van der Waals surface area (Å²) in [7, 11) is 3.36. The molecule has 0 atom stereocenters. The van der Waals surface area contributed by atoms with Crippen LogP contribution < -0.4 is 20.4 Å². The van der Waals surface area contributed by atoms with E-state index >= 15 is 0 Å². The molecule has 0 unspecified atom stereocenters. The lowest BCUT2D eigenvalue weighted by Crippen LogP contribution is -2.34. The normalized spacial score (nSPS) is 15.3. The molecule has 4 amide bonds. The van der Waals surface area contributed by atoms with Gasteiger partial charge in [0.05, 0.1) is 11.9 Å². The summed E-state index contributed by atoms with van der Waals surface area (Å²) >= 11 is 0. The van der Waals surface area contributed by atoms with Gasteiger partial charge in [0, 0.05) is 76.3 Å². The summed E-state index contributed by atoms with van der Waals surface area (Å²) in [5.41, 5.74) is 4.74. The maximum absolute atomic E-state index is 13.4. The summed E-state index contributed by atoms with van der Waals surface area (Å²) < 4.78 is 7.30. The van der Waals surface area contributed by atoms with Gasteiger partial charge >= 0.3 is 6.03 Å². The third-order valence-corrected chi connectivity index (χ3v) is 7.42. The minimum absolute atomic E-state index is 0.0616. The maximum atomic E-state index is 13.4. The van der Waals surface area contributed by atoms with Gasteiger partial charge in [0.1, 0.15) is 12.4 Å². The number of hydrogen-bond acceptors (Lipinski definition) is 7. The summed E-state index contributed by atoms with van der Waals surface area (Å²) in [6, 6.07) is 11.1. The highest BCUT2D eigenvalue weighted by atomic mass is 16.5. The Labute approximate surface area is 245 Å². The third kappa shape index (κ3) is 6.38. The molecule has 0 saturated carbocycles. The number of amides is 4. The second kappa shape index (κ2) is 12.6. The molecule has 4 heterocycles. The Hall–Kier alpha value is -4.45. The van der Waals surface area contributed by atoms with E-state index < -0.39 is 0 Å². The monoisotopic (exact) mass is 574 g/mol. The number of nitrogens with one attached hydrogen (secondary N) is 2. The quantitative estimate of drug-likeness (QED) is 0.444. The number of nitrogens with zero attached hydrogens (tertiary/aromatic N) is 6. The summed E-state index contributed by atoms with van der Waals surface area (Å²) in [6.07, 6.45) is 3.25. The van der Waals surface area contributed by atoms with Crippen molar-refractivity contribution in [2.75, 3.05) is 55.5 Å². The summed E-state index contributed by atoms with van der Waals surface area (Å²) in [5, 5.41) is 10.6. The van der Waals surface area contributed by atoms with Crippen molar-refractivity contribution in [2.45, 2.75) is 45.8 Å². The SMILES string of the molecule is CC(C)n1nc(C(=O)NCc2ccc(NC(=O)N(C)C)cc2)c2c1CCN(c1ccc(N3CCCOCC3=O)cn1)C2. The van der Waals surface area contributed by atoms with Gasteiger partial charge in [-0.3, -0.25) is 14.3 Å². The van der Waals surface area contributed by atoms with E-state index in [0.717, 1.165) is 47.7 Å². The van der Waals surface area contributed by atoms with Crippen molar-refractivity contribution in [1.82, 2.24) is 25.0 Å². The summed E-state index contributed by atoms with van der Waals surface area (Å²) in [6.45, 7) is 6.98. The topological polar surface area (TPSA) is 125 Å². The molecule has 0 radical (unpaired) electrons. The van der Waals surface area contributed by atoms with E-state index in [1.54, 1.807) is 25.2 Å². The Bertz CT molecular complexity index is 1430. The van der Waals surface area contributed by atoms with Crippen molar-refractivity contribution < 1.29 is 19.1 Å². The van der Waals surface area contributed by atoms with Crippen molar-refractivity contribution in [3.63, 3.8) is 0 Å². The van der Waals surface area contributed by atoms with Gasteiger partial charge in [-0.25, -0.2) is 9.78 Å². The predicted octanol–water partition coefficient (Wildman–Crippen LogP) is 3.20. The van der Waals surface area contributed by atoms with Gasteiger partial charge in [-0.1, -0.05) is 12.1 Å². The van der Waals surface area contributed by atoms with Crippen LogP contribution in [-0.4, -0.2) is 77.9 Å². The number of benzene rings is 1. The molecule has 1 aromatic carbocycles. The van der Waals surface area contributed by atoms with Crippen LogP contribution in [0.4, 0.5) is 22.0 Å². The summed E-state index contributed by atoms with van der Waals surface area (Å²) in [4.78, 5) is 47.7. The van der Waals surface area contributed by atoms with E-state index in [0.29, 0.717) is 37.6 Å². The van der Waals surface area contributed by atoms with E-state index in [2.05, 4.69) is 34.4 Å². The molecule has 2 aromatic heterocycles. The smallest absolute Gasteiger partial charge is 0.321 e. The number of hydrogen-bond donors (Lipinski definition) is 2. The van der Waals surface area contributed by atoms with Gasteiger partial charge in [-0.15, -0.1) is 0 Å². The first kappa shape index (κ1) is 29.1. The Morgan fingerprint density at radius 1 is 1.10 bits per heavy atom. The number of fused-ring (bicyclic) bond motifs is 1. The Morgan fingerprint density at radius 3 is 2.57 bits per heavy atom. The van der Waals surface area contributed by atoms with Gasteiger partial charge in [-0.05, 0) is 50.1 Å². The highest BCUT2D eigenvalue weighted by Crippen LogP contribution is 2.29. The number of pyridine rings is 1. The fraction of sp³-hybridized carbons (Fsp3) is 0.433. The van der Waals surface area contributed by atoms with Crippen LogP contribution in [0.2, 0.25) is 0 Å². The zero-order valence-electron chi connectivity index (χ0n) is 24.6. The van der Waals surface area contributed by atoms with Crippen molar-refractivity contribution in [3.8, 4) is 0 Å². The fourth-order valence-corrected chi connectivity index (χ4v) is 5.14. The van der Waals surface area contributed by atoms with Crippen LogP contribution in [0.15, 0.2) is 42.6 Å². The molecule has 3 aromatic rings. The van der Waals surface area contributed by atoms with Crippen LogP contribution in [0.25, 0.3) is 0 Å². The summed E-state index contributed by atoms with van der Waals surface area (Å²) in [5.74, 6) is 0.490. The first-order valence-corrected chi connectivity index (χ1v) is 14.3. The molecule has 1 fully saturated rings. The molecule has 2 aliphatic rings. The minimum atomic E-state index is -0.234. The van der Waals surface area contributed by atoms with E-state index in [1.807, 2.05) is 41.1 Å². The molecular formula is C30H38N8O4. The molecule has 0 bridgehead atoms. The Morgan fingerprint density at radius 2 is 1.88 bits per heavy atom. The van der Waals surface area contributed by atoms with E-state index in [4.69, 9.17) is 9.84 Å². The lowest BCUT2D eigenvalue weighted by molar-refractivity contribution is -0.122. The molecule has 12 nitrogen and oxygen atoms in total. The molecule has 2 N–H and O–H groups in total. The zero-order chi connectivity index (χ0) is 29.8. The minimum Gasteiger partial charge on any atom is -0.372 e. The Kier molecular flexibility index (Phi) is 8.72. The van der Waals surface area contributed by atoms with Crippen molar-refractivity contribution in [3.05, 3.63) is 65.1 Å². The van der Waals surface area contributed by atoms with Crippen molar-refractivity contribution in [1.29, 1.82) is 0 Å². The van der Waals surface area contributed by atoms with Crippen LogP contribution >= 0.6 is 0 Å². The maximum Gasteiger partial charge on any atom is 0.321 e. The molecule has 12 heteroatoms. The van der Waals surface area contributed by atoms with E-state index in [1.165, 1.54) is 4.90 Å². The largest absolute Gasteiger partial charge is 0.372 e. The lowest BCUT2D eigenvalue weighted by Gasteiger charge is -2.29. The average Bonchev–Trinajstić information content (AvgIpc) is 3.24. The lowest BCUT2D eigenvalue weighted by atomic mass is 10.0. The van der Waals surface area contributed by atoms with Crippen molar-refractivity contribution in [2.24, 2.45) is 0 Å². The molecule has 222 valence electrons. The molecule has 0 aliphatic carbocycles. The van der Waals surface area contributed by atoms with Crippen molar-refractivity contribution >= 4 is 35.0 Å². The number of urea groups is 1. The number of carbonyl (C=O) groups excluding carboxylic acids is 3. The van der Waals surface area contributed by atoms with E-state index in [-0.39, 0.29) is 30.5 Å².